The van der Waals surface area contributed by atoms with Crippen LogP contribution in [-0.4, -0.2) is 45.1 Å². The molecule has 1 N–H and O–H groups in total. The molecular weight excluding hydrogens is 346 g/mol. The molecule has 3 aliphatic heterocycles. The number of amidine groups is 1. The Labute approximate surface area is 155 Å². The average molecular weight is 365 g/mol. The van der Waals surface area contributed by atoms with E-state index in [2.05, 4.69) is 18.0 Å². The van der Waals surface area contributed by atoms with E-state index in [1.807, 2.05) is 35.2 Å². The molecule has 0 radical (unpaired) electrons. The van der Waals surface area contributed by atoms with Gasteiger partial charge in [-0.1, -0.05) is 13.0 Å². The normalized spacial score (nSPS) is 30.2. The highest BCUT2D eigenvalue weighted by Gasteiger charge is 2.57. The summed E-state index contributed by atoms with van der Waals surface area (Å²) in [5.41, 5.74) is 0.404. The maximum Gasteiger partial charge on any atom is 0.187 e. The summed E-state index contributed by atoms with van der Waals surface area (Å²) >= 11 is 1.57. The number of carbonyl (C=O) groups excluding carboxylic acids is 1. The predicted molar refractivity (Wildman–Crippen MR) is 105 cm³/mol. The monoisotopic (exact) mass is 365 g/mol. The van der Waals surface area contributed by atoms with Crippen molar-refractivity contribution in [2.75, 3.05) is 11.4 Å². The summed E-state index contributed by atoms with van der Waals surface area (Å²) in [5, 5.41) is 11.9. The topological polar surface area (TPSA) is 65.8 Å². The van der Waals surface area contributed by atoms with Gasteiger partial charge in [0.2, 0.25) is 0 Å². The summed E-state index contributed by atoms with van der Waals surface area (Å²) in [6.07, 6.45) is 5.15. The minimum absolute atomic E-state index is 0.0952. The Morgan fingerprint density at radius 3 is 3.12 bits per heavy atom. The number of rotatable bonds is 2. The van der Waals surface area contributed by atoms with E-state index in [-0.39, 0.29) is 17.1 Å². The molecule has 132 valence electrons. The Kier molecular flexibility index (Phi) is 3.49. The highest BCUT2D eigenvalue weighted by molar-refractivity contribution is 8.04. The molecule has 1 aromatic carbocycles. The fourth-order valence-electron chi connectivity index (χ4n) is 4.05. The molecule has 5 nitrogen and oxygen atoms in total. The molecule has 3 aliphatic rings. The number of aliphatic hydroxyl groups is 1. The first kappa shape index (κ1) is 16.0. The molecule has 2 aromatic rings. The number of anilines is 1. The Morgan fingerprint density at radius 2 is 2.27 bits per heavy atom. The molecular formula is C20H19N3O2S. The molecule has 1 saturated heterocycles. The Morgan fingerprint density at radius 1 is 1.38 bits per heavy atom. The third kappa shape index (κ3) is 2.18. The fraction of sp³-hybridized carbons (Fsp3) is 0.350. The second-order valence-electron chi connectivity index (χ2n) is 6.97. The number of carbonyl (C=O) groups is 1. The minimum Gasteiger partial charge on any atom is -0.374 e. The van der Waals surface area contributed by atoms with Crippen LogP contribution in [0.4, 0.5) is 5.69 Å². The maximum absolute atomic E-state index is 13.0. The van der Waals surface area contributed by atoms with E-state index in [9.17, 15) is 9.90 Å². The first-order valence-corrected chi connectivity index (χ1v) is 9.83. The third-order valence-corrected chi connectivity index (χ3v) is 6.93. The summed E-state index contributed by atoms with van der Waals surface area (Å²) in [4.78, 5) is 25.4. The van der Waals surface area contributed by atoms with Gasteiger partial charge in [-0.3, -0.25) is 14.8 Å². The lowest BCUT2D eigenvalue weighted by Crippen LogP contribution is -2.56. The molecule has 3 atom stereocenters. The van der Waals surface area contributed by atoms with Crippen molar-refractivity contribution >= 4 is 40.0 Å². The highest BCUT2D eigenvalue weighted by Crippen LogP contribution is 2.44. The largest absolute Gasteiger partial charge is 0.374 e. The summed E-state index contributed by atoms with van der Waals surface area (Å²) in [6, 6.07) is 9.76. The second-order valence-corrected chi connectivity index (χ2v) is 8.24. The molecule has 0 amide bonds. The number of benzene rings is 1. The molecule has 2 unspecified atom stereocenters. The van der Waals surface area contributed by atoms with Crippen molar-refractivity contribution in [2.45, 2.75) is 36.7 Å². The van der Waals surface area contributed by atoms with Crippen molar-refractivity contribution in [1.82, 2.24) is 4.98 Å². The summed E-state index contributed by atoms with van der Waals surface area (Å²) in [7, 11) is 0. The zero-order chi connectivity index (χ0) is 17.9. The number of allylic oxidation sites excluding steroid dienone is 1. The first-order valence-electron chi connectivity index (χ1n) is 8.95. The van der Waals surface area contributed by atoms with E-state index in [0.29, 0.717) is 18.8 Å². The van der Waals surface area contributed by atoms with Gasteiger partial charge in [0, 0.05) is 30.2 Å². The number of pyridine rings is 1. The summed E-state index contributed by atoms with van der Waals surface area (Å²) in [6.45, 7) is 2.67. The van der Waals surface area contributed by atoms with Gasteiger partial charge in [-0.15, -0.1) is 11.8 Å². The van der Waals surface area contributed by atoms with Gasteiger partial charge >= 0.3 is 0 Å². The van der Waals surface area contributed by atoms with Crippen molar-refractivity contribution in [2.24, 2.45) is 4.99 Å². The van der Waals surface area contributed by atoms with Gasteiger partial charge in [0.15, 0.2) is 11.4 Å². The molecule has 0 bridgehead atoms. The Bertz CT molecular complexity index is 986. The van der Waals surface area contributed by atoms with Crippen LogP contribution in [0.5, 0.6) is 0 Å². The van der Waals surface area contributed by atoms with Crippen LogP contribution in [0.15, 0.2) is 52.5 Å². The van der Waals surface area contributed by atoms with Crippen molar-refractivity contribution < 1.29 is 9.90 Å². The lowest BCUT2D eigenvalue weighted by Gasteiger charge is -2.33. The van der Waals surface area contributed by atoms with Gasteiger partial charge in [0.25, 0.3) is 0 Å². The first-order chi connectivity index (χ1) is 12.6. The van der Waals surface area contributed by atoms with Crippen LogP contribution in [0.3, 0.4) is 0 Å². The van der Waals surface area contributed by atoms with E-state index in [1.165, 1.54) is 4.91 Å². The van der Waals surface area contributed by atoms with Crippen molar-refractivity contribution in [3.8, 4) is 0 Å². The predicted octanol–water partition coefficient (Wildman–Crippen LogP) is 2.94. The standard InChI is InChI=1S/C20H19N3O2S/c1-2-14-11-16-17(26-14)18(24)20(25)7-9-23(19(20)22-16)13-5-6-15-12(10-13)4-3-8-21-15/h3-6,8,10-11,16-17,25H,2,7,9H2,1H3/t16?,17?,20-/m1/s1. The van der Waals surface area contributed by atoms with Gasteiger partial charge in [0.05, 0.1) is 16.8 Å². The number of hydrogen-bond donors (Lipinski definition) is 1. The SMILES string of the molecule is CCC1=CC2N=C3N(c4ccc5ncccc5c4)CC[C@@]3(O)C(=O)C2S1. The van der Waals surface area contributed by atoms with Crippen molar-refractivity contribution in [1.29, 1.82) is 0 Å². The second kappa shape index (κ2) is 5.66. The number of Topliss-reactive ketones (excluding diaryl/α,β-unsaturated/α-hetero) is 1. The third-order valence-electron chi connectivity index (χ3n) is 5.45. The van der Waals surface area contributed by atoms with Gasteiger partial charge < -0.3 is 10.0 Å². The number of nitrogens with zero attached hydrogens (tertiary/aromatic N) is 3. The van der Waals surface area contributed by atoms with Crippen molar-refractivity contribution in [3.05, 3.63) is 47.5 Å². The van der Waals surface area contributed by atoms with Crippen LogP contribution in [0, 0.1) is 0 Å². The number of hydrogen-bond acceptors (Lipinski definition) is 6. The number of thioether (sulfide) groups is 1. The van der Waals surface area contributed by atoms with Crippen LogP contribution in [0.25, 0.3) is 10.9 Å². The maximum atomic E-state index is 13.0. The van der Waals surface area contributed by atoms with Crippen LogP contribution in [-0.2, 0) is 4.79 Å². The molecule has 1 fully saturated rings. The molecule has 0 saturated carbocycles. The van der Waals surface area contributed by atoms with Gasteiger partial charge in [-0.2, -0.15) is 0 Å². The number of aromatic nitrogens is 1. The molecule has 6 heteroatoms. The smallest absolute Gasteiger partial charge is 0.187 e. The molecule has 4 heterocycles. The lowest BCUT2D eigenvalue weighted by molar-refractivity contribution is -0.131. The zero-order valence-electron chi connectivity index (χ0n) is 14.4. The van der Waals surface area contributed by atoms with E-state index in [4.69, 9.17) is 4.99 Å². The number of ketones is 1. The number of fused-ring (bicyclic) bond motifs is 3. The molecule has 0 spiro atoms. The quantitative estimate of drug-likeness (QED) is 0.886. The van der Waals surface area contributed by atoms with E-state index >= 15 is 0 Å². The van der Waals surface area contributed by atoms with Gasteiger partial charge in [-0.25, -0.2) is 0 Å². The highest BCUT2D eigenvalue weighted by atomic mass is 32.2. The summed E-state index contributed by atoms with van der Waals surface area (Å²) in [5.74, 6) is 0.406. The molecule has 26 heavy (non-hydrogen) atoms. The molecule has 1 aromatic heterocycles. The van der Waals surface area contributed by atoms with Crippen LogP contribution >= 0.6 is 11.8 Å². The van der Waals surface area contributed by atoms with E-state index in [0.717, 1.165) is 23.0 Å². The zero-order valence-corrected chi connectivity index (χ0v) is 15.2. The lowest BCUT2D eigenvalue weighted by atomic mass is 9.88. The Hall–Kier alpha value is -2.18. The average Bonchev–Trinajstić information content (AvgIpc) is 3.23. The fourth-order valence-corrected chi connectivity index (χ4v) is 5.34. The van der Waals surface area contributed by atoms with Crippen LogP contribution < -0.4 is 4.90 Å². The van der Waals surface area contributed by atoms with E-state index in [1.54, 1.807) is 18.0 Å². The van der Waals surface area contributed by atoms with Gasteiger partial charge in [-0.05, 0) is 41.7 Å². The summed E-state index contributed by atoms with van der Waals surface area (Å²) < 4.78 is 0. The van der Waals surface area contributed by atoms with Crippen molar-refractivity contribution in [3.63, 3.8) is 0 Å². The molecule has 5 rings (SSSR count). The van der Waals surface area contributed by atoms with Crippen LogP contribution in [0.2, 0.25) is 0 Å². The van der Waals surface area contributed by atoms with Gasteiger partial charge in [0.1, 0.15) is 5.84 Å². The Balaban J connectivity index is 1.58. The molecule has 0 aliphatic carbocycles. The minimum atomic E-state index is -1.46. The van der Waals surface area contributed by atoms with E-state index < -0.39 is 5.60 Å². The number of aliphatic imine (C=N–C) groups is 1. The van der Waals surface area contributed by atoms with Crippen LogP contribution in [0.1, 0.15) is 19.8 Å².